The van der Waals surface area contributed by atoms with Gasteiger partial charge in [-0.05, 0) is 31.2 Å². The lowest BCUT2D eigenvalue weighted by Crippen LogP contribution is -2.33. The standard InChI is InChI=1S/C14H19NO5/c1-2-18-14(16)15-11-3-5-12(6-4-11)20-10-13-9-17-7-8-19-13/h3-6,13H,2,7-10H2,1H3,(H,15,16)/t13-/m0/s1. The lowest BCUT2D eigenvalue weighted by atomic mass is 10.3. The predicted octanol–water partition coefficient (Wildman–Crippen LogP) is 2.05. The fourth-order valence-corrected chi connectivity index (χ4v) is 1.74. The van der Waals surface area contributed by atoms with Crippen LogP contribution in [0.1, 0.15) is 6.92 Å². The third-order valence-electron chi connectivity index (χ3n) is 2.70. The molecule has 6 heteroatoms. The number of carbonyl (C=O) groups is 1. The van der Waals surface area contributed by atoms with Gasteiger partial charge < -0.3 is 18.9 Å². The summed E-state index contributed by atoms with van der Waals surface area (Å²) in [4.78, 5) is 11.2. The van der Waals surface area contributed by atoms with Crippen LogP contribution < -0.4 is 10.1 Å². The molecule has 1 atom stereocenters. The second kappa shape index (κ2) is 7.72. The van der Waals surface area contributed by atoms with Crippen molar-refractivity contribution in [1.29, 1.82) is 0 Å². The van der Waals surface area contributed by atoms with Gasteiger partial charge in [-0.15, -0.1) is 0 Å². The zero-order valence-corrected chi connectivity index (χ0v) is 11.5. The van der Waals surface area contributed by atoms with Gasteiger partial charge in [0.25, 0.3) is 0 Å². The fourth-order valence-electron chi connectivity index (χ4n) is 1.74. The Morgan fingerprint density at radius 1 is 1.35 bits per heavy atom. The van der Waals surface area contributed by atoms with Gasteiger partial charge in [-0.25, -0.2) is 4.79 Å². The van der Waals surface area contributed by atoms with Crippen molar-refractivity contribution in [1.82, 2.24) is 0 Å². The summed E-state index contributed by atoms with van der Waals surface area (Å²) in [5, 5.41) is 2.61. The van der Waals surface area contributed by atoms with Gasteiger partial charge in [0.2, 0.25) is 0 Å². The van der Waals surface area contributed by atoms with E-state index in [1.54, 1.807) is 31.2 Å². The van der Waals surface area contributed by atoms with Crippen molar-refractivity contribution in [3.05, 3.63) is 24.3 Å². The maximum Gasteiger partial charge on any atom is 0.411 e. The van der Waals surface area contributed by atoms with E-state index in [-0.39, 0.29) is 6.10 Å². The van der Waals surface area contributed by atoms with Crippen LogP contribution in [0.4, 0.5) is 10.5 Å². The molecule has 1 aliphatic heterocycles. The molecule has 20 heavy (non-hydrogen) atoms. The molecular weight excluding hydrogens is 262 g/mol. The minimum absolute atomic E-state index is 0.0268. The van der Waals surface area contributed by atoms with Gasteiger partial charge >= 0.3 is 6.09 Å². The van der Waals surface area contributed by atoms with Crippen LogP contribution in [0.25, 0.3) is 0 Å². The topological polar surface area (TPSA) is 66.0 Å². The maximum absolute atomic E-state index is 11.2. The molecule has 0 aliphatic carbocycles. The summed E-state index contributed by atoms with van der Waals surface area (Å²) in [6, 6.07) is 7.07. The van der Waals surface area contributed by atoms with Gasteiger partial charge in [-0.2, -0.15) is 0 Å². The Kier molecular flexibility index (Phi) is 5.64. The zero-order chi connectivity index (χ0) is 14.2. The van der Waals surface area contributed by atoms with Gasteiger partial charge in [0.1, 0.15) is 18.5 Å². The first-order valence-electron chi connectivity index (χ1n) is 6.64. The van der Waals surface area contributed by atoms with Crippen molar-refractivity contribution in [2.75, 3.05) is 38.4 Å². The highest BCUT2D eigenvalue weighted by molar-refractivity contribution is 5.84. The Balaban J connectivity index is 1.77. The number of anilines is 1. The van der Waals surface area contributed by atoms with Crippen LogP contribution >= 0.6 is 0 Å². The van der Waals surface area contributed by atoms with Gasteiger partial charge in [0, 0.05) is 5.69 Å². The molecule has 1 N–H and O–H groups in total. The summed E-state index contributed by atoms with van der Waals surface area (Å²) in [6.07, 6.45) is -0.491. The highest BCUT2D eigenvalue weighted by Gasteiger charge is 2.14. The summed E-state index contributed by atoms with van der Waals surface area (Å²) < 4.78 is 21.2. The van der Waals surface area contributed by atoms with Crippen molar-refractivity contribution in [3.8, 4) is 5.75 Å². The molecule has 6 nitrogen and oxygen atoms in total. The minimum Gasteiger partial charge on any atom is -0.491 e. The Morgan fingerprint density at radius 2 is 2.15 bits per heavy atom. The molecule has 0 bridgehead atoms. The summed E-state index contributed by atoms with van der Waals surface area (Å²) in [5.41, 5.74) is 0.660. The van der Waals surface area contributed by atoms with Gasteiger partial charge in [-0.1, -0.05) is 0 Å². The van der Waals surface area contributed by atoms with Gasteiger partial charge in [0.05, 0.1) is 26.4 Å². The second-order valence-corrected chi connectivity index (χ2v) is 4.25. The second-order valence-electron chi connectivity index (χ2n) is 4.25. The number of nitrogens with one attached hydrogen (secondary N) is 1. The number of rotatable bonds is 5. The van der Waals surface area contributed by atoms with E-state index >= 15 is 0 Å². The van der Waals surface area contributed by atoms with Crippen LogP contribution in [-0.2, 0) is 14.2 Å². The van der Waals surface area contributed by atoms with Gasteiger partial charge in [0.15, 0.2) is 0 Å². The van der Waals surface area contributed by atoms with Crippen LogP contribution in [0.5, 0.6) is 5.75 Å². The summed E-state index contributed by atoms with van der Waals surface area (Å²) >= 11 is 0. The third kappa shape index (κ3) is 4.71. The third-order valence-corrected chi connectivity index (χ3v) is 2.70. The van der Waals surface area contributed by atoms with Crippen molar-refractivity contribution in [2.45, 2.75) is 13.0 Å². The molecule has 1 heterocycles. The number of amides is 1. The Labute approximate surface area is 118 Å². The van der Waals surface area contributed by atoms with Gasteiger partial charge in [-0.3, -0.25) is 5.32 Å². The van der Waals surface area contributed by atoms with Crippen LogP contribution in [0, 0.1) is 0 Å². The molecule has 2 rings (SSSR count). The number of hydrogen-bond donors (Lipinski definition) is 1. The van der Waals surface area contributed by atoms with Crippen LogP contribution in [-0.4, -0.2) is 45.2 Å². The number of ether oxygens (including phenoxy) is 4. The summed E-state index contributed by atoms with van der Waals surface area (Å²) in [5.74, 6) is 0.716. The molecule has 1 amide bonds. The minimum atomic E-state index is -0.464. The Bertz CT molecular complexity index is 414. The maximum atomic E-state index is 11.2. The Morgan fingerprint density at radius 3 is 2.80 bits per heavy atom. The van der Waals surface area contributed by atoms with E-state index in [0.29, 0.717) is 44.5 Å². The smallest absolute Gasteiger partial charge is 0.411 e. The van der Waals surface area contributed by atoms with E-state index in [9.17, 15) is 4.79 Å². The molecule has 0 spiro atoms. The van der Waals surface area contributed by atoms with Crippen LogP contribution in [0.2, 0.25) is 0 Å². The first-order chi connectivity index (χ1) is 9.78. The average molecular weight is 281 g/mol. The molecule has 1 fully saturated rings. The molecule has 0 aromatic heterocycles. The number of carbonyl (C=O) groups excluding carboxylic acids is 1. The van der Waals surface area contributed by atoms with Crippen LogP contribution in [0.3, 0.4) is 0 Å². The largest absolute Gasteiger partial charge is 0.491 e. The van der Waals surface area contributed by atoms with E-state index in [1.165, 1.54) is 0 Å². The average Bonchev–Trinajstić information content (AvgIpc) is 2.48. The van der Waals surface area contributed by atoms with E-state index < -0.39 is 6.09 Å². The molecule has 1 aliphatic rings. The Hall–Kier alpha value is -1.79. The SMILES string of the molecule is CCOC(=O)Nc1ccc(OC[C@@H]2COCCO2)cc1. The number of benzene rings is 1. The molecule has 110 valence electrons. The van der Waals surface area contributed by atoms with Crippen molar-refractivity contribution in [3.63, 3.8) is 0 Å². The molecule has 0 unspecified atom stereocenters. The first-order valence-corrected chi connectivity index (χ1v) is 6.64. The van der Waals surface area contributed by atoms with Crippen molar-refractivity contribution < 1.29 is 23.7 Å². The zero-order valence-electron chi connectivity index (χ0n) is 11.5. The molecule has 0 radical (unpaired) electrons. The highest BCUT2D eigenvalue weighted by Crippen LogP contribution is 2.16. The fraction of sp³-hybridized carbons (Fsp3) is 0.500. The van der Waals surface area contributed by atoms with E-state index in [4.69, 9.17) is 18.9 Å². The molecular formula is C14H19NO5. The quantitative estimate of drug-likeness (QED) is 0.894. The van der Waals surface area contributed by atoms with E-state index in [1.807, 2.05) is 0 Å². The summed E-state index contributed by atoms with van der Waals surface area (Å²) in [6.45, 7) is 4.36. The van der Waals surface area contributed by atoms with Crippen molar-refractivity contribution in [2.24, 2.45) is 0 Å². The molecule has 1 saturated heterocycles. The van der Waals surface area contributed by atoms with Crippen LogP contribution in [0.15, 0.2) is 24.3 Å². The first kappa shape index (κ1) is 14.6. The molecule has 0 saturated carbocycles. The van der Waals surface area contributed by atoms with E-state index in [2.05, 4.69) is 5.32 Å². The van der Waals surface area contributed by atoms with Crippen molar-refractivity contribution >= 4 is 11.8 Å². The lowest BCUT2D eigenvalue weighted by molar-refractivity contribution is -0.101. The monoisotopic (exact) mass is 281 g/mol. The molecule has 1 aromatic rings. The van der Waals surface area contributed by atoms with E-state index in [0.717, 1.165) is 0 Å². The summed E-state index contributed by atoms with van der Waals surface area (Å²) in [7, 11) is 0. The molecule has 1 aromatic carbocycles. The highest BCUT2D eigenvalue weighted by atomic mass is 16.6. The predicted molar refractivity (Wildman–Crippen MR) is 73.1 cm³/mol. The normalized spacial score (nSPS) is 18.4. The number of hydrogen-bond acceptors (Lipinski definition) is 5. The lowest BCUT2D eigenvalue weighted by Gasteiger charge is -2.22.